The lowest BCUT2D eigenvalue weighted by molar-refractivity contribution is -0.140. The summed E-state index contributed by atoms with van der Waals surface area (Å²) in [4.78, 5) is 27.4. The summed E-state index contributed by atoms with van der Waals surface area (Å²) in [6.07, 6.45) is 1.18. The van der Waals surface area contributed by atoms with Crippen LogP contribution in [-0.4, -0.2) is 36.4 Å². The molecule has 2 amide bonds. The maximum absolute atomic E-state index is 13.1. The van der Waals surface area contributed by atoms with Crippen LogP contribution in [0.25, 0.3) is 0 Å². The lowest BCUT2D eigenvalue weighted by atomic mass is 10.1. The van der Waals surface area contributed by atoms with Gasteiger partial charge in [-0.1, -0.05) is 56.3 Å². The van der Waals surface area contributed by atoms with Crippen LogP contribution in [0.5, 0.6) is 5.75 Å². The van der Waals surface area contributed by atoms with Crippen molar-refractivity contribution < 1.29 is 14.3 Å². The van der Waals surface area contributed by atoms with Gasteiger partial charge < -0.3 is 15.0 Å². The summed E-state index contributed by atoms with van der Waals surface area (Å²) in [6, 6.07) is 16.6. The van der Waals surface area contributed by atoms with Gasteiger partial charge in [-0.15, -0.1) is 0 Å². The molecule has 0 aliphatic rings. The normalized spacial score (nSPS) is 11.8. The van der Waals surface area contributed by atoms with E-state index in [0.717, 1.165) is 23.3 Å². The Morgan fingerprint density at radius 3 is 2.21 bits per heavy atom. The number of carbonyl (C=O) groups excluding carboxylic acids is 2. The summed E-state index contributed by atoms with van der Waals surface area (Å²) < 4.78 is 5.21. The Hall–Kier alpha value is -2.82. The van der Waals surface area contributed by atoms with E-state index in [-0.39, 0.29) is 18.2 Å². The van der Waals surface area contributed by atoms with Gasteiger partial charge in [0, 0.05) is 13.1 Å². The molecule has 2 aromatic rings. The average molecular weight is 397 g/mol. The minimum absolute atomic E-state index is 0.0708. The fraction of sp³-hybridized carbons (Fsp3) is 0.417. The van der Waals surface area contributed by atoms with Crippen molar-refractivity contribution in [3.63, 3.8) is 0 Å². The molecule has 0 heterocycles. The number of benzene rings is 2. The van der Waals surface area contributed by atoms with E-state index >= 15 is 0 Å². The number of ether oxygens (including phenoxy) is 1. The maximum atomic E-state index is 13.1. The van der Waals surface area contributed by atoms with Crippen LogP contribution in [0.4, 0.5) is 0 Å². The Morgan fingerprint density at radius 2 is 1.62 bits per heavy atom. The zero-order chi connectivity index (χ0) is 21.2. The Morgan fingerprint density at radius 1 is 0.966 bits per heavy atom. The number of hydrogen-bond acceptors (Lipinski definition) is 3. The first kappa shape index (κ1) is 22.5. The lowest BCUT2D eigenvalue weighted by Crippen LogP contribution is -2.48. The highest BCUT2D eigenvalue weighted by Gasteiger charge is 2.26. The Kier molecular flexibility index (Phi) is 8.71. The van der Waals surface area contributed by atoms with E-state index in [1.54, 1.807) is 18.9 Å². The third kappa shape index (κ3) is 7.26. The molecular weight excluding hydrogens is 364 g/mol. The predicted octanol–water partition coefficient (Wildman–Crippen LogP) is 3.82. The standard InChI is InChI=1S/C24H32N2O3/c1-18(2)14-15-25-24(28)19(3)26(17-21-10-12-22(29-4)13-11-21)23(27)16-20-8-6-5-7-9-20/h5-13,18-19H,14-17H2,1-4H3,(H,25,28). The molecule has 2 aromatic carbocycles. The van der Waals surface area contributed by atoms with Gasteiger partial charge in [0.15, 0.2) is 0 Å². The molecule has 5 nitrogen and oxygen atoms in total. The molecule has 5 heteroatoms. The molecule has 0 radical (unpaired) electrons. The highest BCUT2D eigenvalue weighted by Crippen LogP contribution is 2.16. The molecule has 0 saturated carbocycles. The first-order valence-electron chi connectivity index (χ1n) is 10.1. The van der Waals surface area contributed by atoms with Crippen LogP contribution in [0.15, 0.2) is 54.6 Å². The third-order valence-electron chi connectivity index (χ3n) is 4.90. The Labute approximate surface area is 174 Å². The van der Waals surface area contributed by atoms with Crippen molar-refractivity contribution in [3.05, 3.63) is 65.7 Å². The fourth-order valence-corrected chi connectivity index (χ4v) is 3.01. The molecule has 0 saturated heterocycles. The molecule has 156 valence electrons. The van der Waals surface area contributed by atoms with Crippen molar-refractivity contribution in [2.24, 2.45) is 5.92 Å². The summed E-state index contributed by atoms with van der Waals surface area (Å²) in [6.45, 7) is 7.01. The van der Waals surface area contributed by atoms with E-state index < -0.39 is 6.04 Å². The molecule has 0 spiro atoms. The monoisotopic (exact) mass is 396 g/mol. The van der Waals surface area contributed by atoms with Gasteiger partial charge in [0.05, 0.1) is 13.5 Å². The zero-order valence-corrected chi connectivity index (χ0v) is 17.9. The predicted molar refractivity (Wildman–Crippen MR) is 116 cm³/mol. The molecule has 0 aliphatic carbocycles. The van der Waals surface area contributed by atoms with Crippen LogP contribution in [-0.2, 0) is 22.6 Å². The molecule has 29 heavy (non-hydrogen) atoms. The van der Waals surface area contributed by atoms with E-state index in [4.69, 9.17) is 4.74 Å². The van der Waals surface area contributed by atoms with Gasteiger partial charge in [0.25, 0.3) is 0 Å². The van der Waals surface area contributed by atoms with Gasteiger partial charge in [-0.05, 0) is 42.5 Å². The van der Waals surface area contributed by atoms with Gasteiger partial charge in [0.1, 0.15) is 11.8 Å². The quantitative estimate of drug-likeness (QED) is 0.664. The van der Waals surface area contributed by atoms with Crippen molar-refractivity contribution in [2.45, 2.75) is 46.2 Å². The molecule has 0 aromatic heterocycles. The van der Waals surface area contributed by atoms with E-state index in [1.165, 1.54) is 0 Å². The second-order valence-electron chi connectivity index (χ2n) is 7.68. The van der Waals surface area contributed by atoms with Gasteiger partial charge in [-0.25, -0.2) is 0 Å². The minimum atomic E-state index is -0.555. The number of carbonyl (C=O) groups is 2. The van der Waals surface area contributed by atoms with Crippen molar-refractivity contribution in [1.29, 1.82) is 0 Å². The van der Waals surface area contributed by atoms with Gasteiger partial charge in [-0.3, -0.25) is 9.59 Å². The van der Waals surface area contributed by atoms with Crippen molar-refractivity contribution >= 4 is 11.8 Å². The van der Waals surface area contributed by atoms with E-state index in [1.807, 2.05) is 54.6 Å². The first-order chi connectivity index (χ1) is 13.9. The number of methoxy groups -OCH3 is 1. The highest BCUT2D eigenvalue weighted by molar-refractivity contribution is 5.88. The third-order valence-corrected chi connectivity index (χ3v) is 4.90. The van der Waals surface area contributed by atoms with E-state index in [0.29, 0.717) is 19.0 Å². The summed E-state index contributed by atoms with van der Waals surface area (Å²) in [5.41, 5.74) is 1.89. The molecule has 2 rings (SSSR count). The molecule has 1 atom stereocenters. The van der Waals surface area contributed by atoms with Crippen LogP contribution < -0.4 is 10.1 Å². The molecule has 0 fully saturated rings. The molecule has 1 N–H and O–H groups in total. The minimum Gasteiger partial charge on any atom is -0.497 e. The largest absolute Gasteiger partial charge is 0.497 e. The van der Waals surface area contributed by atoms with Crippen LogP contribution in [0.2, 0.25) is 0 Å². The average Bonchev–Trinajstić information content (AvgIpc) is 2.72. The SMILES string of the molecule is COc1ccc(CN(C(=O)Cc2ccccc2)C(C)C(=O)NCCC(C)C)cc1. The molecule has 1 unspecified atom stereocenters. The highest BCUT2D eigenvalue weighted by atomic mass is 16.5. The van der Waals surface area contributed by atoms with Crippen LogP contribution in [0.3, 0.4) is 0 Å². The van der Waals surface area contributed by atoms with E-state index in [9.17, 15) is 9.59 Å². The fourth-order valence-electron chi connectivity index (χ4n) is 3.01. The van der Waals surface area contributed by atoms with Crippen molar-refractivity contribution in [1.82, 2.24) is 10.2 Å². The number of hydrogen-bond donors (Lipinski definition) is 1. The molecular formula is C24H32N2O3. The Balaban J connectivity index is 2.14. The summed E-state index contributed by atoms with van der Waals surface area (Å²) in [5, 5.41) is 2.96. The molecule has 0 bridgehead atoms. The van der Waals surface area contributed by atoms with Crippen LogP contribution in [0, 0.1) is 5.92 Å². The van der Waals surface area contributed by atoms with Crippen molar-refractivity contribution in [2.75, 3.05) is 13.7 Å². The summed E-state index contributed by atoms with van der Waals surface area (Å²) in [7, 11) is 1.62. The summed E-state index contributed by atoms with van der Waals surface area (Å²) >= 11 is 0. The second-order valence-corrected chi connectivity index (χ2v) is 7.68. The number of amides is 2. The lowest BCUT2D eigenvalue weighted by Gasteiger charge is -2.29. The first-order valence-corrected chi connectivity index (χ1v) is 10.1. The number of nitrogens with zero attached hydrogens (tertiary/aromatic N) is 1. The van der Waals surface area contributed by atoms with Crippen LogP contribution >= 0.6 is 0 Å². The van der Waals surface area contributed by atoms with Gasteiger partial charge >= 0.3 is 0 Å². The van der Waals surface area contributed by atoms with Crippen LogP contribution in [0.1, 0.15) is 38.3 Å². The van der Waals surface area contributed by atoms with Gasteiger partial charge in [0.2, 0.25) is 11.8 Å². The zero-order valence-electron chi connectivity index (χ0n) is 17.9. The number of nitrogens with one attached hydrogen (secondary N) is 1. The maximum Gasteiger partial charge on any atom is 0.242 e. The number of rotatable bonds is 10. The second kappa shape index (κ2) is 11.2. The van der Waals surface area contributed by atoms with Crippen molar-refractivity contribution in [3.8, 4) is 5.75 Å². The summed E-state index contributed by atoms with van der Waals surface area (Å²) in [5.74, 6) is 1.08. The molecule has 0 aliphatic heterocycles. The van der Waals surface area contributed by atoms with E-state index in [2.05, 4.69) is 19.2 Å². The topological polar surface area (TPSA) is 58.6 Å². The smallest absolute Gasteiger partial charge is 0.242 e. The van der Waals surface area contributed by atoms with Gasteiger partial charge in [-0.2, -0.15) is 0 Å². The Bertz CT molecular complexity index is 772.